The topological polar surface area (TPSA) is 64.3 Å². The van der Waals surface area contributed by atoms with Crippen LogP contribution in [-0.4, -0.2) is 19.1 Å². The maximum atomic E-state index is 11.9. The van der Waals surface area contributed by atoms with E-state index in [0.717, 1.165) is 30.6 Å². The largest absolute Gasteiger partial charge is 0.497 e. The lowest BCUT2D eigenvalue weighted by Gasteiger charge is -2.13. The zero-order chi connectivity index (χ0) is 15.0. The molecule has 0 fully saturated rings. The zero-order valence-electron chi connectivity index (χ0n) is 12.7. The molecule has 1 aromatic carbocycles. The fourth-order valence-corrected chi connectivity index (χ4v) is 1.98. The van der Waals surface area contributed by atoms with Crippen molar-refractivity contribution >= 4 is 5.91 Å². The molecule has 112 valence electrons. The monoisotopic (exact) mass is 278 g/mol. The molecule has 4 heteroatoms. The smallest absolute Gasteiger partial charge is 0.223 e. The quantitative estimate of drug-likeness (QED) is 0.767. The second kappa shape index (κ2) is 8.59. The predicted molar refractivity (Wildman–Crippen MR) is 81.5 cm³/mol. The van der Waals surface area contributed by atoms with Crippen LogP contribution in [0.15, 0.2) is 24.3 Å². The average Bonchev–Trinajstić information content (AvgIpc) is 2.44. The minimum Gasteiger partial charge on any atom is -0.497 e. The molecule has 1 rings (SSSR count). The molecule has 0 saturated carbocycles. The SMILES string of the molecule is COc1ccc(CNC(=O)C(C)CCCC(C)N)cc1. The molecular formula is C16H26N2O2. The van der Waals surface area contributed by atoms with Gasteiger partial charge in [0.1, 0.15) is 5.75 Å². The van der Waals surface area contributed by atoms with Gasteiger partial charge in [0, 0.05) is 18.5 Å². The molecule has 0 aromatic heterocycles. The van der Waals surface area contributed by atoms with E-state index in [0.29, 0.717) is 6.54 Å². The van der Waals surface area contributed by atoms with Crippen LogP contribution in [-0.2, 0) is 11.3 Å². The van der Waals surface area contributed by atoms with Crippen molar-refractivity contribution in [3.8, 4) is 5.75 Å². The standard InChI is InChI=1S/C16H26N2O2/c1-12(5-4-6-13(2)17)16(19)18-11-14-7-9-15(20-3)10-8-14/h7-10,12-13H,4-6,11,17H2,1-3H3,(H,18,19). The molecule has 20 heavy (non-hydrogen) atoms. The van der Waals surface area contributed by atoms with Crippen LogP contribution in [0.4, 0.5) is 0 Å². The van der Waals surface area contributed by atoms with Gasteiger partial charge in [-0.3, -0.25) is 4.79 Å². The lowest BCUT2D eigenvalue weighted by atomic mass is 10.0. The summed E-state index contributed by atoms with van der Waals surface area (Å²) >= 11 is 0. The molecular weight excluding hydrogens is 252 g/mol. The summed E-state index contributed by atoms with van der Waals surface area (Å²) in [5.74, 6) is 0.960. The first-order valence-corrected chi connectivity index (χ1v) is 7.19. The summed E-state index contributed by atoms with van der Waals surface area (Å²) in [7, 11) is 1.64. The summed E-state index contributed by atoms with van der Waals surface area (Å²) in [4.78, 5) is 11.9. The number of hydrogen-bond acceptors (Lipinski definition) is 3. The third-order valence-electron chi connectivity index (χ3n) is 3.37. The van der Waals surface area contributed by atoms with Crippen molar-refractivity contribution in [2.24, 2.45) is 11.7 Å². The molecule has 0 spiro atoms. The Balaban J connectivity index is 2.30. The van der Waals surface area contributed by atoms with E-state index in [4.69, 9.17) is 10.5 Å². The second-order valence-corrected chi connectivity index (χ2v) is 5.38. The van der Waals surface area contributed by atoms with Gasteiger partial charge >= 0.3 is 0 Å². The van der Waals surface area contributed by atoms with Gasteiger partial charge in [-0.1, -0.05) is 25.5 Å². The summed E-state index contributed by atoms with van der Waals surface area (Å²) in [6.07, 6.45) is 2.85. The Morgan fingerprint density at radius 3 is 2.45 bits per heavy atom. The number of nitrogens with two attached hydrogens (primary N) is 1. The second-order valence-electron chi connectivity index (χ2n) is 5.38. The predicted octanol–water partition coefficient (Wildman–Crippen LogP) is 2.46. The van der Waals surface area contributed by atoms with E-state index in [2.05, 4.69) is 5.32 Å². The Hall–Kier alpha value is -1.55. The van der Waals surface area contributed by atoms with Crippen LogP contribution in [0, 0.1) is 5.92 Å². The molecule has 1 amide bonds. The molecule has 0 bridgehead atoms. The number of methoxy groups -OCH3 is 1. The van der Waals surface area contributed by atoms with Crippen molar-refractivity contribution in [3.05, 3.63) is 29.8 Å². The fraction of sp³-hybridized carbons (Fsp3) is 0.562. The van der Waals surface area contributed by atoms with E-state index in [1.54, 1.807) is 7.11 Å². The molecule has 0 heterocycles. The van der Waals surface area contributed by atoms with E-state index in [1.807, 2.05) is 38.1 Å². The van der Waals surface area contributed by atoms with Crippen LogP contribution in [0.3, 0.4) is 0 Å². The number of hydrogen-bond donors (Lipinski definition) is 2. The van der Waals surface area contributed by atoms with Crippen molar-refractivity contribution < 1.29 is 9.53 Å². The molecule has 0 aliphatic heterocycles. The van der Waals surface area contributed by atoms with E-state index in [-0.39, 0.29) is 17.9 Å². The Labute approximate surface area is 121 Å². The number of carbonyl (C=O) groups is 1. The Morgan fingerprint density at radius 2 is 1.90 bits per heavy atom. The van der Waals surface area contributed by atoms with Gasteiger partial charge in [-0.25, -0.2) is 0 Å². The average molecular weight is 278 g/mol. The van der Waals surface area contributed by atoms with Crippen molar-refractivity contribution in [1.29, 1.82) is 0 Å². The highest BCUT2D eigenvalue weighted by atomic mass is 16.5. The lowest BCUT2D eigenvalue weighted by molar-refractivity contribution is -0.124. The van der Waals surface area contributed by atoms with Gasteiger partial charge < -0.3 is 15.8 Å². The van der Waals surface area contributed by atoms with E-state index in [9.17, 15) is 4.79 Å². The Morgan fingerprint density at radius 1 is 1.25 bits per heavy atom. The number of amides is 1. The molecule has 0 aliphatic carbocycles. The molecule has 0 saturated heterocycles. The maximum Gasteiger partial charge on any atom is 0.223 e. The molecule has 0 radical (unpaired) electrons. The van der Waals surface area contributed by atoms with Gasteiger partial charge in [0.05, 0.1) is 7.11 Å². The molecule has 3 N–H and O–H groups in total. The number of carbonyl (C=O) groups excluding carboxylic acids is 1. The molecule has 2 atom stereocenters. The first-order chi connectivity index (χ1) is 9.52. The van der Waals surface area contributed by atoms with Crippen LogP contribution in [0.2, 0.25) is 0 Å². The third-order valence-corrected chi connectivity index (χ3v) is 3.37. The molecule has 4 nitrogen and oxygen atoms in total. The highest BCUT2D eigenvalue weighted by Crippen LogP contribution is 2.12. The van der Waals surface area contributed by atoms with E-state index < -0.39 is 0 Å². The normalized spacial score (nSPS) is 13.6. The van der Waals surface area contributed by atoms with Gasteiger partial charge in [0.25, 0.3) is 0 Å². The number of benzene rings is 1. The van der Waals surface area contributed by atoms with Crippen LogP contribution in [0.25, 0.3) is 0 Å². The third kappa shape index (κ3) is 6.06. The summed E-state index contributed by atoms with van der Waals surface area (Å²) in [6.45, 7) is 4.51. The molecule has 1 aromatic rings. The minimum atomic E-state index is 0.0343. The van der Waals surface area contributed by atoms with E-state index in [1.165, 1.54) is 0 Å². The summed E-state index contributed by atoms with van der Waals surface area (Å²) in [5, 5.41) is 2.96. The van der Waals surface area contributed by atoms with Crippen LogP contribution >= 0.6 is 0 Å². The van der Waals surface area contributed by atoms with Gasteiger partial charge in [0.2, 0.25) is 5.91 Å². The lowest BCUT2D eigenvalue weighted by Crippen LogP contribution is -2.29. The number of ether oxygens (including phenoxy) is 1. The van der Waals surface area contributed by atoms with Crippen molar-refractivity contribution in [1.82, 2.24) is 5.32 Å². The Bertz CT molecular complexity index is 401. The maximum absolute atomic E-state index is 11.9. The van der Waals surface area contributed by atoms with E-state index >= 15 is 0 Å². The summed E-state index contributed by atoms with van der Waals surface area (Å²) in [5.41, 5.74) is 6.77. The number of rotatable bonds is 8. The minimum absolute atomic E-state index is 0.0343. The van der Waals surface area contributed by atoms with Crippen LogP contribution in [0.5, 0.6) is 5.75 Å². The van der Waals surface area contributed by atoms with Gasteiger partial charge in [0.15, 0.2) is 0 Å². The zero-order valence-corrected chi connectivity index (χ0v) is 12.7. The summed E-state index contributed by atoms with van der Waals surface area (Å²) in [6, 6.07) is 7.92. The molecule has 2 unspecified atom stereocenters. The first-order valence-electron chi connectivity index (χ1n) is 7.19. The van der Waals surface area contributed by atoms with Crippen molar-refractivity contribution in [2.75, 3.05) is 7.11 Å². The highest BCUT2D eigenvalue weighted by molar-refractivity contribution is 5.78. The fourth-order valence-electron chi connectivity index (χ4n) is 1.98. The van der Waals surface area contributed by atoms with Crippen molar-refractivity contribution in [2.45, 2.75) is 45.7 Å². The summed E-state index contributed by atoms with van der Waals surface area (Å²) < 4.78 is 5.10. The molecule has 0 aliphatic rings. The van der Waals surface area contributed by atoms with Crippen molar-refractivity contribution in [3.63, 3.8) is 0 Å². The Kier molecular flexibility index (Phi) is 7.09. The van der Waals surface area contributed by atoms with Crippen LogP contribution in [0.1, 0.15) is 38.7 Å². The number of nitrogens with one attached hydrogen (secondary N) is 1. The highest BCUT2D eigenvalue weighted by Gasteiger charge is 2.12. The first kappa shape index (κ1) is 16.5. The van der Waals surface area contributed by atoms with Gasteiger partial charge in [-0.05, 0) is 37.5 Å². The van der Waals surface area contributed by atoms with Gasteiger partial charge in [-0.15, -0.1) is 0 Å². The van der Waals surface area contributed by atoms with Gasteiger partial charge in [-0.2, -0.15) is 0 Å². The van der Waals surface area contributed by atoms with Crippen LogP contribution < -0.4 is 15.8 Å².